The van der Waals surface area contributed by atoms with Gasteiger partial charge in [-0.3, -0.25) is 0 Å². The van der Waals surface area contributed by atoms with E-state index in [0.29, 0.717) is 6.61 Å². The molecule has 0 aromatic heterocycles. The molecule has 1 N–H and O–H groups in total. The first-order valence-electron chi connectivity index (χ1n) is 8.14. The monoisotopic (exact) mass is 302 g/mol. The predicted octanol–water partition coefficient (Wildman–Crippen LogP) is 2.59. The lowest BCUT2D eigenvalue weighted by molar-refractivity contribution is -0.932. The zero-order valence-corrected chi connectivity index (χ0v) is 13.8. The molecule has 0 aliphatic carbocycles. The number of hydrogen-bond donors (Lipinski definition) is 1. The third-order valence-electron chi connectivity index (χ3n) is 4.46. The lowest BCUT2D eigenvalue weighted by atomic mass is 10.1. The molecule has 0 spiro atoms. The number of hydrogen-bond acceptors (Lipinski definition) is 2. The molecule has 1 heterocycles. The Kier molecular flexibility index (Phi) is 5.63. The van der Waals surface area contributed by atoms with Crippen LogP contribution in [0.4, 0.5) is 0 Å². The molecule has 0 unspecified atom stereocenters. The van der Waals surface area contributed by atoms with Crippen LogP contribution in [0.5, 0.6) is 0 Å². The molecule has 1 atom stereocenters. The summed E-state index contributed by atoms with van der Waals surface area (Å²) in [5.41, 5.74) is 0.720. The largest absolute Gasteiger partial charge is 0.385 e. The fraction of sp³-hybridized carbons (Fsp3) is 0.579. The van der Waals surface area contributed by atoms with Crippen LogP contribution < -0.4 is 0 Å². The van der Waals surface area contributed by atoms with Crippen LogP contribution >= 0.6 is 0 Å². The van der Waals surface area contributed by atoms with Crippen molar-refractivity contribution in [2.75, 3.05) is 26.2 Å². The molecule has 1 fully saturated rings. The zero-order chi connectivity index (χ0) is 16.1. The van der Waals surface area contributed by atoms with E-state index in [1.807, 2.05) is 19.9 Å². The minimum Gasteiger partial charge on any atom is -0.385 e. The van der Waals surface area contributed by atoms with E-state index in [1.165, 1.54) is 18.4 Å². The van der Waals surface area contributed by atoms with E-state index in [2.05, 4.69) is 30.2 Å². The fourth-order valence-electron chi connectivity index (χ4n) is 3.23. The summed E-state index contributed by atoms with van der Waals surface area (Å²) in [6.07, 6.45) is 7.41. The maximum absolute atomic E-state index is 10.4. The number of aliphatic hydroxyl groups is 1. The number of benzene rings is 1. The van der Waals surface area contributed by atoms with Gasteiger partial charge >= 0.3 is 0 Å². The van der Waals surface area contributed by atoms with Gasteiger partial charge in [-0.05, 0) is 13.8 Å². The Morgan fingerprint density at radius 2 is 1.91 bits per heavy atom. The van der Waals surface area contributed by atoms with Crippen molar-refractivity contribution in [3.05, 3.63) is 35.9 Å². The fourth-order valence-corrected chi connectivity index (χ4v) is 3.23. The number of ether oxygens (including phenoxy) is 1. The van der Waals surface area contributed by atoms with E-state index in [1.54, 1.807) is 0 Å². The van der Waals surface area contributed by atoms with Gasteiger partial charge in [0, 0.05) is 18.4 Å². The predicted molar refractivity (Wildman–Crippen MR) is 89.1 cm³/mol. The van der Waals surface area contributed by atoms with Crippen molar-refractivity contribution < 1.29 is 14.3 Å². The van der Waals surface area contributed by atoms with Crippen molar-refractivity contribution in [1.29, 1.82) is 0 Å². The van der Waals surface area contributed by atoms with Gasteiger partial charge in [-0.1, -0.05) is 36.3 Å². The molecule has 3 nitrogen and oxygen atoms in total. The molecule has 1 aromatic carbocycles. The molecular formula is C19H28NO2+. The summed E-state index contributed by atoms with van der Waals surface area (Å²) in [7, 11) is 0. The third-order valence-corrected chi connectivity index (χ3v) is 4.46. The molecule has 22 heavy (non-hydrogen) atoms. The SMILES string of the molecule is C#CC(C)(C)OC[C@@H](O)C[N+]1(Cc2ccccc2)CCCC1. The van der Waals surface area contributed by atoms with Gasteiger partial charge in [0.1, 0.15) is 24.8 Å². The number of terminal acetylenes is 1. The zero-order valence-electron chi connectivity index (χ0n) is 13.8. The molecule has 0 amide bonds. The van der Waals surface area contributed by atoms with Gasteiger partial charge in [0.05, 0.1) is 19.7 Å². The number of quaternary nitrogens is 1. The highest BCUT2D eigenvalue weighted by Gasteiger charge is 2.34. The molecule has 0 radical (unpaired) electrons. The van der Waals surface area contributed by atoms with Crippen LogP contribution in [0.1, 0.15) is 32.3 Å². The van der Waals surface area contributed by atoms with Gasteiger partial charge in [-0.25, -0.2) is 0 Å². The minimum atomic E-state index is -0.615. The van der Waals surface area contributed by atoms with Crippen LogP contribution in [0.2, 0.25) is 0 Å². The van der Waals surface area contributed by atoms with Gasteiger partial charge in [0.15, 0.2) is 0 Å². The normalized spacial score (nSPS) is 18.8. The van der Waals surface area contributed by atoms with Gasteiger partial charge in [-0.15, -0.1) is 6.42 Å². The maximum Gasteiger partial charge on any atom is 0.126 e. The minimum absolute atomic E-state index is 0.298. The van der Waals surface area contributed by atoms with Crippen LogP contribution in [0, 0.1) is 12.3 Å². The van der Waals surface area contributed by atoms with E-state index in [9.17, 15) is 5.11 Å². The second-order valence-corrected chi connectivity index (χ2v) is 6.94. The van der Waals surface area contributed by atoms with Gasteiger partial charge in [0.25, 0.3) is 0 Å². The Hall–Kier alpha value is -1.34. The van der Waals surface area contributed by atoms with E-state index >= 15 is 0 Å². The first-order chi connectivity index (χ1) is 10.4. The summed E-state index contributed by atoms with van der Waals surface area (Å²) in [6.45, 7) is 7.97. The van der Waals surface area contributed by atoms with E-state index < -0.39 is 11.7 Å². The molecule has 2 rings (SSSR count). The summed E-state index contributed by atoms with van der Waals surface area (Å²) >= 11 is 0. The summed E-state index contributed by atoms with van der Waals surface area (Å²) < 4.78 is 6.60. The average Bonchev–Trinajstić information content (AvgIpc) is 2.94. The van der Waals surface area contributed by atoms with Crippen LogP contribution in [-0.4, -0.2) is 47.5 Å². The topological polar surface area (TPSA) is 29.5 Å². The average molecular weight is 302 g/mol. The molecule has 0 bridgehead atoms. The number of likely N-dealkylation sites (tertiary alicyclic amines) is 1. The Morgan fingerprint density at radius 1 is 1.27 bits per heavy atom. The van der Waals surface area contributed by atoms with Gasteiger partial charge in [0.2, 0.25) is 0 Å². The van der Waals surface area contributed by atoms with Crippen molar-refractivity contribution in [2.45, 2.75) is 44.9 Å². The van der Waals surface area contributed by atoms with Crippen LogP contribution in [-0.2, 0) is 11.3 Å². The number of nitrogens with zero attached hydrogens (tertiary/aromatic N) is 1. The second-order valence-electron chi connectivity index (χ2n) is 6.94. The quantitative estimate of drug-likeness (QED) is 0.620. The molecule has 1 aliphatic heterocycles. The maximum atomic E-state index is 10.4. The van der Waals surface area contributed by atoms with E-state index in [4.69, 9.17) is 11.2 Å². The van der Waals surface area contributed by atoms with Crippen LogP contribution in [0.3, 0.4) is 0 Å². The smallest absolute Gasteiger partial charge is 0.126 e. The summed E-state index contributed by atoms with van der Waals surface area (Å²) in [5.74, 6) is 2.60. The third kappa shape index (κ3) is 4.84. The highest BCUT2D eigenvalue weighted by molar-refractivity contribution is 5.13. The molecule has 1 saturated heterocycles. The van der Waals surface area contributed by atoms with Gasteiger partial charge in [-0.2, -0.15) is 0 Å². The highest BCUT2D eigenvalue weighted by Crippen LogP contribution is 2.24. The summed E-state index contributed by atoms with van der Waals surface area (Å²) in [6, 6.07) is 10.5. The second kappa shape index (κ2) is 7.28. The molecule has 1 aliphatic rings. The molecule has 0 saturated carbocycles. The lowest BCUT2D eigenvalue weighted by Crippen LogP contribution is -2.50. The summed E-state index contributed by atoms with van der Waals surface area (Å²) in [5, 5.41) is 10.4. The van der Waals surface area contributed by atoms with E-state index in [-0.39, 0.29) is 0 Å². The standard InChI is InChI=1S/C19H28NO2/c1-4-19(2,3)22-16-18(21)15-20(12-8-9-13-20)14-17-10-6-5-7-11-17/h1,5-7,10-11,18,21H,8-9,12-16H2,2-3H3/q+1/t18-/m0/s1. The Balaban J connectivity index is 1.95. The molecular weight excluding hydrogens is 274 g/mol. The van der Waals surface area contributed by atoms with Crippen LogP contribution in [0.25, 0.3) is 0 Å². The number of aliphatic hydroxyl groups excluding tert-OH is 1. The van der Waals surface area contributed by atoms with Crippen molar-refractivity contribution in [3.8, 4) is 12.3 Å². The Morgan fingerprint density at radius 3 is 2.50 bits per heavy atom. The van der Waals surface area contributed by atoms with Crippen molar-refractivity contribution in [2.24, 2.45) is 0 Å². The molecule has 3 heteroatoms. The molecule has 1 aromatic rings. The van der Waals surface area contributed by atoms with Crippen molar-refractivity contribution in [3.63, 3.8) is 0 Å². The Bertz CT molecular complexity index is 498. The Labute approximate surface area is 134 Å². The number of rotatable bonds is 7. The summed E-state index contributed by atoms with van der Waals surface area (Å²) in [4.78, 5) is 0. The van der Waals surface area contributed by atoms with Crippen molar-refractivity contribution >= 4 is 0 Å². The first kappa shape index (κ1) is 17.0. The lowest BCUT2D eigenvalue weighted by Gasteiger charge is -2.36. The first-order valence-corrected chi connectivity index (χ1v) is 8.14. The van der Waals surface area contributed by atoms with Gasteiger partial charge < -0.3 is 14.3 Å². The van der Waals surface area contributed by atoms with Crippen molar-refractivity contribution in [1.82, 2.24) is 0 Å². The highest BCUT2D eigenvalue weighted by atomic mass is 16.5. The van der Waals surface area contributed by atoms with E-state index in [0.717, 1.165) is 30.7 Å². The molecule has 120 valence electrons. The van der Waals surface area contributed by atoms with Crippen LogP contribution in [0.15, 0.2) is 30.3 Å².